The quantitative estimate of drug-likeness (QED) is 0.657. The van der Waals surface area contributed by atoms with Gasteiger partial charge in [0.1, 0.15) is 0 Å². The first kappa shape index (κ1) is 9.36. The zero-order chi connectivity index (χ0) is 9.35. The molecule has 0 radical (unpaired) electrons. The van der Waals surface area contributed by atoms with E-state index in [2.05, 4.69) is 0 Å². The third-order valence-corrected chi connectivity index (χ3v) is 2.07. The predicted molar refractivity (Wildman–Crippen MR) is 53.1 cm³/mol. The topological polar surface area (TPSA) is 52.0 Å². The van der Waals surface area contributed by atoms with Crippen LogP contribution in [0.3, 0.4) is 0 Å². The number of anilines is 1. The Labute approximate surface area is 77.5 Å². The molecule has 0 aromatic heterocycles. The van der Waals surface area contributed by atoms with Crippen molar-refractivity contribution >= 4 is 17.3 Å². The second kappa shape index (κ2) is 2.96. The predicted octanol–water partition coefficient (Wildman–Crippen LogP) is 2.12. The van der Waals surface area contributed by atoms with E-state index in [4.69, 9.17) is 23.1 Å². The maximum absolute atomic E-state index is 5.88. The van der Waals surface area contributed by atoms with Crippen LogP contribution in [0.4, 0.5) is 5.69 Å². The van der Waals surface area contributed by atoms with E-state index >= 15 is 0 Å². The second-order valence-corrected chi connectivity index (χ2v) is 3.87. The van der Waals surface area contributed by atoms with Crippen LogP contribution in [0.1, 0.15) is 19.4 Å². The van der Waals surface area contributed by atoms with E-state index in [9.17, 15) is 0 Å². The molecule has 4 N–H and O–H groups in total. The second-order valence-electron chi connectivity index (χ2n) is 3.46. The van der Waals surface area contributed by atoms with Gasteiger partial charge in [0.15, 0.2) is 0 Å². The van der Waals surface area contributed by atoms with Crippen molar-refractivity contribution in [2.75, 3.05) is 5.73 Å². The first-order valence-corrected chi connectivity index (χ1v) is 4.13. The van der Waals surface area contributed by atoms with E-state index in [1.165, 1.54) is 0 Å². The SMILES string of the molecule is CC(C)(N)c1ccc(N)c(Cl)c1. The van der Waals surface area contributed by atoms with Crippen LogP contribution in [0.25, 0.3) is 0 Å². The van der Waals surface area contributed by atoms with Crippen molar-refractivity contribution in [1.82, 2.24) is 0 Å². The third-order valence-electron chi connectivity index (χ3n) is 1.74. The van der Waals surface area contributed by atoms with Gasteiger partial charge in [0, 0.05) is 5.54 Å². The van der Waals surface area contributed by atoms with Crippen molar-refractivity contribution in [2.24, 2.45) is 5.73 Å². The molecule has 3 heteroatoms. The van der Waals surface area contributed by atoms with E-state index in [-0.39, 0.29) is 5.54 Å². The number of rotatable bonds is 1. The molecule has 0 aliphatic rings. The lowest BCUT2D eigenvalue weighted by molar-refractivity contribution is 0.554. The molecule has 0 amide bonds. The smallest absolute Gasteiger partial charge is 0.0638 e. The van der Waals surface area contributed by atoms with E-state index in [0.29, 0.717) is 10.7 Å². The average Bonchev–Trinajstić information content (AvgIpc) is 1.92. The fourth-order valence-electron chi connectivity index (χ4n) is 0.928. The molecule has 1 aromatic carbocycles. The minimum Gasteiger partial charge on any atom is -0.398 e. The molecule has 66 valence electrons. The monoisotopic (exact) mass is 184 g/mol. The fourth-order valence-corrected chi connectivity index (χ4v) is 1.11. The Morgan fingerprint density at radius 2 is 1.92 bits per heavy atom. The highest BCUT2D eigenvalue weighted by molar-refractivity contribution is 6.33. The molecular weight excluding hydrogens is 172 g/mol. The molecule has 1 rings (SSSR count). The van der Waals surface area contributed by atoms with Crippen molar-refractivity contribution in [3.05, 3.63) is 28.8 Å². The van der Waals surface area contributed by atoms with Gasteiger partial charge in [-0.2, -0.15) is 0 Å². The van der Waals surface area contributed by atoms with Gasteiger partial charge in [0.2, 0.25) is 0 Å². The Hall–Kier alpha value is -0.730. The highest BCUT2D eigenvalue weighted by Gasteiger charge is 2.14. The summed E-state index contributed by atoms with van der Waals surface area (Å²) in [4.78, 5) is 0. The lowest BCUT2D eigenvalue weighted by atomic mass is 9.96. The van der Waals surface area contributed by atoms with Crippen LogP contribution < -0.4 is 11.5 Å². The molecule has 0 saturated heterocycles. The Morgan fingerprint density at radius 3 is 2.33 bits per heavy atom. The lowest BCUT2D eigenvalue weighted by Gasteiger charge is -2.19. The molecule has 2 nitrogen and oxygen atoms in total. The maximum Gasteiger partial charge on any atom is 0.0638 e. The summed E-state index contributed by atoms with van der Waals surface area (Å²) in [6.45, 7) is 3.85. The zero-order valence-electron chi connectivity index (χ0n) is 7.26. The Morgan fingerprint density at radius 1 is 1.33 bits per heavy atom. The Kier molecular flexibility index (Phi) is 2.31. The number of hydrogen-bond donors (Lipinski definition) is 2. The van der Waals surface area contributed by atoms with Crippen LogP contribution in [-0.4, -0.2) is 0 Å². The summed E-state index contributed by atoms with van der Waals surface area (Å²) in [5.74, 6) is 0. The summed E-state index contributed by atoms with van der Waals surface area (Å²) in [6.07, 6.45) is 0. The van der Waals surface area contributed by atoms with Crippen molar-refractivity contribution in [2.45, 2.75) is 19.4 Å². The van der Waals surface area contributed by atoms with Crippen LogP contribution in [0.5, 0.6) is 0 Å². The molecule has 0 unspecified atom stereocenters. The van der Waals surface area contributed by atoms with Crippen molar-refractivity contribution in [3.8, 4) is 0 Å². The third kappa shape index (κ3) is 1.90. The van der Waals surface area contributed by atoms with Gasteiger partial charge < -0.3 is 11.5 Å². The van der Waals surface area contributed by atoms with E-state index < -0.39 is 0 Å². The van der Waals surface area contributed by atoms with Gasteiger partial charge in [-0.25, -0.2) is 0 Å². The Bertz CT molecular complexity index is 289. The van der Waals surface area contributed by atoms with Gasteiger partial charge in [-0.15, -0.1) is 0 Å². The molecule has 1 aromatic rings. The van der Waals surface area contributed by atoms with Crippen LogP contribution in [0, 0.1) is 0 Å². The van der Waals surface area contributed by atoms with Gasteiger partial charge in [-0.3, -0.25) is 0 Å². The summed E-state index contributed by atoms with van der Waals surface area (Å²) in [5, 5.41) is 0.561. The molecule has 0 atom stereocenters. The molecule has 0 saturated carbocycles. The van der Waals surface area contributed by atoms with Gasteiger partial charge in [0.05, 0.1) is 10.7 Å². The minimum atomic E-state index is -0.364. The molecule has 0 heterocycles. The highest BCUT2D eigenvalue weighted by Crippen LogP contribution is 2.24. The molecule has 0 aliphatic heterocycles. The lowest BCUT2D eigenvalue weighted by Crippen LogP contribution is -2.28. The molecule has 0 aliphatic carbocycles. The molecule has 0 bridgehead atoms. The molecule has 0 fully saturated rings. The van der Waals surface area contributed by atoms with Crippen LogP contribution in [0.2, 0.25) is 5.02 Å². The van der Waals surface area contributed by atoms with Crippen LogP contribution in [0.15, 0.2) is 18.2 Å². The number of hydrogen-bond acceptors (Lipinski definition) is 2. The van der Waals surface area contributed by atoms with Crippen molar-refractivity contribution < 1.29 is 0 Å². The maximum atomic E-state index is 5.88. The summed E-state index contributed by atoms with van der Waals surface area (Å²) in [7, 11) is 0. The molecular formula is C9H13ClN2. The molecule has 0 spiro atoms. The molecule has 12 heavy (non-hydrogen) atoms. The van der Waals surface area contributed by atoms with E-state index in [0.717, 1.165) is 5.56 Å². The number of nitrogens with two attached hydrogens (primary N) is 2. The largest absolute Gasteiger partial charge is 0.398 e. The fraction of sp³-hybridized carbons (Fsp3) is 0.333. The zero-order valence-corrected chi connectivity index (χ0v) is 8.02. The average molecular weight is 185 g/mol. The summed E-state index contributed by atoms with van der Waals surface area (Å²) in [5.41, 5.74) is 12.6. The van der Waals surface area contributed by atoms with Crippen molar-refractivity contribution in [3.63, 3.8) is 0 Å². The first-order chi connectivity index (χ1) is 5.41. The normalized spacial score (nSPS) is 11.7. The summed E-state index contributed by atoms with van der Waals surface area (Å²) < 4.78 is 0. The summed E-state index contributed by atoms with van der Waals surface area (Å²) in [6, 6.07) is 5.46. The Balaban J connectivity index is 3.14. The highest BCUT2D eigenvalue weighted by atomic mass is 35.5. The van der Waals surface area contributed by atoms with Gasteiger partial charge in [-0.1, -0.05) is 17.7 Å². The number of halogens is 1. The van der Waals surface area contributed by atoms with Gasteiger partial charge >= 0.3 is 0 Å². The first-order valence-electron chi connectivity index (χ1n) is 3.75. The van der Waals surface area contributed by atoms with E-state index in [1.54, 1.807) is 12.1 Å². The number of nitrogen functional groups attached to an aromatic ring is 1. The van der Waals surface area contributed by atoms with Gasteiger partial charge in [-0.05, 0) is 31.5 Å². The standard InChI is InChI=1S/C9H13ClN2/c1-9(2,12)6-3-4-8(11)7(10)5-6/h3-5H,11-12H2,1-2H3. The summed E-state index contributed by atoms with van der Waals surface area (Å²) >= 11 is 5.84. The van der Waals surface area contributed by atoms with Gasteiger partial charge in [0.25, 0.3) is 0 Å². The minimum absolute atomic E-state index is 0.364. The van der Waals surface area contributed by atoms with Crippen LogP contribution in [-0.2, 0) is 5.54 Å². The van der Waals surface area contributed by atoms with E-state index in [1.807, 2.05) is 19.9 Å². The number of benzene rings is 1. The van der Waals surface area contributed by atoms with Crippen molar-refractivity contribution in [1.29, 1.82) is 0 Å². The van der Waals surface area contributed by atoms with Crippen LogP contribution >= 0.6 is 11.6 Å².